The minimum Gasteiger partial charge on any atom is -0.456 e. The van der Waals surface area contributed by atoms with Gasteiger partial charge in [0.25, 0.3) is 0 Å². The van der Waals surface area contributed by atoms with E-state index < -0.39 is 0 Å². The minimum atomic E-state index is -0.252. The minimum absolute atomic E-state index is 0.218. The highest BCUT2D eigenvalue weighted by atomic mass is 16.5. The third kappa shape index (κ3) is 2.44. The van der Waals surface area contributed by atoms with Crippen molar-refractivity contribution in [1.29, 1.82) is 0 Å². The van der Waals surface area contributed by atoms with Gasteiger partial charge in [-0.2, -0.15) is 0 Å². The summed E-state index contributed by atoms with van der Waals surface area (Å²) in [6.07, 6.45) is 0. The van der Waals surface area contributed by atoms with Gasteiger partial charge < -0.3 is 15.4 Å². The fraction of sp³-hybridized carbons (Fsp3) is 0.250. The van der Waals surface area contributed by atoms with Crippen LogP contribution in [0.3, 0.4) is 0 Å². The Kier molecular flexibility index (Phi) is 3.53. The summed E-state index contributed by atoms with van der Waals surface area (Å²) in [5, 5.41) is 6.88. The van der Waals surface area contributed by atoms with Gasteiger partial charge in [-0.25, -0.2) is 4.79 Å². The fourth-order valence-corrected chi connectivity index (χ4v) is 3.27. The molecule has 0 fully saturated rings. The number of anilines is 2. The number of carbonyl (C=O) groups excluding carboxylic acids is 1. The van der Waals surface area contributed by atoms with Crippen molar-refractivity contribution in [1.82, 2.24) is 0 Å². The number of hydrogen-bond donors (Lipinski definition) is 2. The lowest BCUT2D eigenvalue weighted by molar-refractivity contribution is -0.136. The predicted molar refractivity (Wildman–Crippen MR) is 94.9 cm³/mol. The van der Waals surface area contributed by atoms with Crippen molar-refractivity contribution >= 4 is 17.3 Å². The number of fused-ring (bicyclic) bond motifs is 1. The zero-order valence-electron chi connectivity index (χ0n) is 13.8. The molecule has 0 saturated heterocycles. The maximum Gasteiger partial charge on any atom is 0.338 e. The van der Waals surface area contributed by atoms with E-state index in [1.54, 1.807) is 0 Å². The van der Waals surface area contributed by atoms with Crippen molar-refractivity contribution in [2.45, 2.75) is 25.8 Å². The molecule has 4 heteroatoms. The average molecular weight is 320 g/mol. The van der Waals surface area contributed by atoms with E-state index in [4.69, 9.17) is 4.74 Å². The Morgan fingerprint density at radius 1 is 1.08 bits per heavy atom. The Bertz CT molecular complexity index is 839. The molecule has 0 spiro atoms. The van der Waals surface area contributed by atoms with E-state index in [1.165, 1.54) is 5.56 Å². The van der Waals surface area contributed by atoms with Gasteiger partial charge in [0.15, 0.2) is 0 Å². The Balaban J connectivity index is 1.84. The monoisotopic (exact) mass is 320 g/mol. The zero-order chi connectivity index (χ0) is 16.7. The highest BCUT2D eigenvalue weighted by molar-refractivity contribution is 5.96. The molecule has 1 unspecified atom stereocenters. The molecule has 24 heavy (non-hydrogen) atoms. The molecule has 4 nitrogen and oxygen atoms in total. The largest absolute Gasteiger partial charge is 0.456 e. The summed E-state index contributed by atoms with van der Waals surface area (Å²) in [6.45, 7) is 4.64. The highest BCUT2D eigenvalue weighted by Gasteiger charge is 2.35. The molecule has 2 aliphatic heterocycles. The van der Waals surface area contributed by atoms with E-state index >= 15 is 0 Å². The van der Waals surface area contributed by atoms with Crippen LogP contribution in [0.15, 0.2) is 59.8 Å². The second-order valence-corrected chi connectivity index (χ2v) is 6.54. The predicted octanol–water partition coefficient (Wildman–Crippen LogP) is 4.20. The van der Waals surface area contributed by atoms with Crippen molar-refractivity contribution in [3.05, 3.63) is 70.9 Å². The molecule has 0 bridgehead atoms. The zero-order valence-corrected chi connectivity index (χ0v) is 13.8. The lowest BCUT2D eigenvalue weighted by Gasteiger charge is -2.21. The van der Waals surface area contributed by atoms with Crippen LogP contribution in [0.25, 0.3) is 0 Å². The molecule has 2 N–H and O–H groups in total. The molecule has 2 aliphatic rings. The van der Waals surface area contributed by atoms with Gasteiger partial charge in [0.2, 0.25) is 0 Å². The maximum atomic E-state index is 12.4. The topological polar surface area (TPSA) is 50.4 Å². The summed E-state index contributed by atoms with van der Waals surface area (Å²) < 4.78 is 5.28. The third-order valence-electron chi connectivity index (χ3n) is 4.60. The van der Waals surface area contributed by atoms with Gasteiger partial charge in [-0.1, -0.05) is 50.2 Å². The van der Waals surface area contributed by atoms with Crippen molar-refractivity contribution in [2.75, 3.05) is 17.2 Å². The van der Waals surface area contributed by atoms with Crippen LogP contribution in [-0.4, -0.2) is 12.6 Å². The molecule has 2 heterocycles. The van der Waals surface area contributed by atoms with E-state index in [1.807, 2.05) is 24.3 Å². The number of cyclic esters (lactones) is 1. The van der Waals surface area contributed by atoms with Gasteiger partial charge in [-0.3, -0.25) is 0 Å². The summed E-state index contributed by atoms with van der Waals surface area (Å²) >= 11 is 0. The summed E-state index contributed by atoms with van der Waals surface area (Å²) in [4.78, 5) is 12.4. The van der Waals surface area contributed by atoms with Gasteiger partial charge >= 0.3 is 5.97 Å². The number of nitrogens with one attached hydrogen (secondary N) is 2. The van der Waals surface area contributed by atoms with Crippen molar-refractivity contribution in [3.8, 4) is 0 Å². The van der Waals surface area contributed by atoms with Crippen LogP contribution in [0.1, 0.15) is 36.9 Å². The van der Waals surface area contributed by atoms with Crippen LogP contribution in [0.5, 0.6) is 0 Å². The maximum absolute atomic E-state index is 12.4. The lowest BCUT2D eigenvalue weighted by atomic mass is 9.93. The number of hydrogen-bond acceptors (Lipinski definition) is 4. The molecule has 1 atom stereocenters. The third-order valence-corrected chi connectivity index (χ3v) is 4.60. The standard InChI is InChI=1S/C20H20N2O2/c1-12(2)13-6-5-7-14(10-13)19-18-17(11-24-20(18)23)21-15-8-3-4-9-16(15)22-19/h3-10,12,19,21-22H,11H2,1-2H3. The summed E-state index contributed by atoms with van der Waals surface area (Å²) in [5.74, 6) is 0.183. The molecule has 2 aromatic rings. The van der Waals surface area contributed by atoms with E-state index in [-0.39, 0.29) is 12.0 Å². The van der Waals surface area contributed by atoms with Crippen molar-refractivity contribution in [2.24, 2.45) is 0 Å². The van der Waals surface area contributed by atoms with E-state index in [2.05, 4.69) is 48.7 Å². The Labute approximate surface area is 141 Å². The first-order chi connectivity index (χ1) is 11.6. The normalized spacial score (nSPS) is 19.1. The van der Waals surface area contributed by atoms with Gasteiger partial charge in [-0.15, -0.1) is 0 Å². The van der Waals surface area contributed by atoms with Gasteiger partial charge in [-0.05, 0) is 29.2 Å². The molecule has 0 radical (unpaired) electrons. The Morgan fingerprint density at radius 2 is 1.88 bits per heavy atom. The molecule has 4 rings (SSSR count). The molecule has 122 valence electrons. The molecule has 2 aromatic carbocycles. The van der Waals surface area contributed by atoms with Gasteiger partial charge in [0.1, 0.15) is 6.61 Å². The van der Waals surface area contributed by atoms with Gasteiger partial charge in [0, 0.05) is 0 Å². The van der Waals surface area contributed by atoms with E-state index in [9.17, 15) is 4.79 Å². The molecular formula is C20H20N2O2. The molecule has 0 amide bonds. The second-order valence-electron chi connectivity index (χ2n) is 6.54. The van der Waals surface area contributed by atoms with E-state index in [0.29, 0.717) is 18.1 Å². The number of benzene rings is 2. The lowest BCUT2D eigenvalue weighted by Crippen LogP contribution is -2.18. The van der Waals surface area contributed by atoms with Crippen LogP contribution in [0, 0.1) is 0 Å². The summed E-state index contributed by atoms with van der Waals surface area (Å²) in [6, 6.07) is 16.2. The van der Waals surface area contributed by atoms with E-state index in [0.717, 1.165) is 22.6 Å². The molecule has 0 aliphatic carbocycles. The first-order valence-electron chi connectivity index (χ1n) is 8.26. The van der Waals surface area contributed by atoms with Crippen LogP contribution in [-0.2, 0) is 9.53 Å². The Hall–Kier alpha value is -2.75. The number of esters is 1. The number of ether oxygens (including phenoxy) is 1. The highest BCUT2D eigenvalue weighted by Crippen LogP contribution is 2.39. The molecule has 0 saturated carbocycles. The SMILES string of the molecule is CC(C)c1cccc(C2Nc3ccccc3NC3=C2C(=O)OC3)c1. The Morgan fingerprint density at radius 3 is 2.67 bits per heavy atom. The fourth-order valence-electron chi connectivity index (χ4n) is 3.27. The smallest absolute Gasteiger partial charge is 0.338 e. The van der Waals surface area contributed by atoms with Crippen LogP contribution in [0.4, 0.5) is 11.4 Å². The molecule has 0 aromatic heterocycles. The van der Waals surface area contributed by atoms with Crippen LogP contribution >= 0.6 is 0 Å². The van der Waals surface area contributed by atoms with Crippen LogP contribution < -0.4 is 10.6 Å². The first kappa shape index (κ1) is 14.8. The quantitative estimate of drug-likeness (QED) is 0.814. The van der Waals surface area contributed by atoms with Crippen LogP contribution in [0.2, 0.25) is 0 Å². The van der Waals surface area contributed by atoms with Crippen molar-refractivity contribution < 1.29 is 9.53 Å². The first-order valence-corrected chi connectivity index (χ1v) is 8.26. The number of para-hydroxylation sites is 2. The number of carbonyl (C=O) groups is 1. The average Bonchev–Trinajstić information content (AvgIpc) is 2.86. The summed E-state index contributed by atoms with van der Waals surface area (Å²) in [5.41, 5.74) is 5.80. The van der Waals surface area contributed by atoms with Crippen molar-refractivity contribution in [3.63, 3.8) is 0 Å². The number of rotatable bonds is 2. The van der Waals surface area contributed by atoms with Gasteiger partial charge in [0.05, 0.1) is 28.7 Å². The summed E-state index contributed by atoms with van der Waals surface area (Å²) in [7, 11) is 0. The second kappa shape index (κ2) is 5.71. The molecular weight excluding hydrogens is 300 g/mol.